The quantitative estimate of drug-likeness (QED) is 0.925. The van der Waals surface area contributed by atoms with Gasteiger partial charge in [-0.15, -0.1) is 0 Å². The van der Waals surface area contributed by atoms with E-state index in [0.717, 1.165) is 12.1 Å². The number of hydrogen-bond acceptors (Lipinski definition) is 3. The summed E-state index contributed by atoms with van der Waals surface area (Å²) in [5.74, 6) is -2.61. The van der Waals surface area contributed by atoms with Gasteiger partial charge in [-0.1, -0.05) is 21.1 Å². The Morgan fingerprint density at radius 1 is 1.39 bits per heavy atom. The minimum Gasteiger partial charge on any atom is -0.351 e. The first-order valence-corrected chi connectivity index (χ1v) is 5.65. The number of rotatable bonds is 2. The fourth-order valence-corrected chi connectivity index (χ4v) is 1.74. The van der Waals surface area contributed by atoms with Crippen LogP contribution < -0.4 is 5.32 Å². The fraction of sp³-hybridized carbons (Fsp3) is 0.0909. The van der Waals surface area contributed by atoms with Gasteiger partial charge in [-0.3, -0.25) is 4.79 Å². The van der Waals surface area contributed by atoms with Crippen molar-refractivity contribution in [1.29, 1.82) is 0 Å². The summed E-state index contributed by atoms with van der Waals surface area (Å²) in [6.45, 7) is 1.60. The fourth-order valence-electron chi connectivity index (χ4n) is 1.34. The average Bonchev–Trinajstić information content (AvgIpc) is 2.69. The van der Waals surface area contributed by atoms with Crippen LogP contribution in [-0.4, -0.2) is 11.1 Å². The molecule has 7 heteroatoms. The number of anilines is 1. The van der Waals surface area contributed by atoms with Crippen LogP contribution in [0.2, 0.25) is 0 Å². The van der Waals surface area contributed by atoms with Gasteiger partial charge in [-0.25, -0.2) is 8.78 Å². The molecule has 0 bridgehead atoms. The molecule has 4 nitrogen and oxygen atoms in total. The van der Waals surface area contributed by atoms with Crippen LogP contribution in [0.5, 0.6) is 0 Å². The lowest BCUT2D eigenvalue weighted by Gasteiger charge is -2.06. The summed E-state index contributed by atoms with van der Waals surface area (Å²) < 4.78 is 31.9. The Morgan fingerprint density at radius 3 is 2.50 bits per heavy atom. The molecule has 2 rings (SSSR count). The van der Waals surface area contributed by atoms with Crippen molar-refractivity contribution in [2.75, 3.05) is 5.32 Å². The lowest BCUT2D eigenvalue weighted by atomic mass is 10.2. The zero-order chi connectivity index (χ0) is 13.3. The van der Waals surface area contributed by atoms with Crippen molar-refractivity contribution < 1.29 is 18.1 Å². The Labute approximate surface area is 109 Å². The Morgan fingerprint density at radius 2 is 2.00 bits per heavy atom. The Balaban J connectivity index is 2.31. The molecule has 18 heavy (non-hydrogen) atoms. The highest BCUT2D eigenvalue weighted by Crippen LogP contribution is 2.24. The SMILES string of the molecule is Cc1cnoc1C(=O)Nc1c(F)cc(Br)cc1F. The second-order valence-electron chi connectivity index (χ2n) is 3.54. The van der Waals surface area contributed by atoms with Crippen LogP contribution in [-0.2, 0) is 0 Å². The van der Waals surface area contributed by atoms with E-state index in [9.17, 15) is 13.6 Å². The number of carbonyl (C=O) groups is 1. The van der Waals surface area contributed by atoms with E-state index in [-0.39, 0.29) is 10.2 Å². The van der Waals surface area contributed by atoms with Crippen LogP contribution in [0.25, 0.3) is 0 Å². The molecular formula is C11H7BrF2N2O2. The number of aryl methyl sites for hydroxylation is 1. The molecular weight excluding hydrogens is 310 g/mol. The summed E-state index contributed by atoms with van der Waals surface area (Å²) >= 11 is 2.94. The molecule has 0 aliphatic heterocycles. The van der Waals surface area contributed by atoms with Crippen molar-refractivity contribution in [2.45, 2.75) is 6.92 Å². The van der Waals surface area contributed by atoms with Crippen LogP contribution >= 0.6 is 15.9 Å². The summed E-state index contributed by atoms with van der Waals surface area (Å²) in [5, 5.41) is 5.52. The Hall–Kier alpha value is -1.76. The van der Waals surface area contributed by atoms with Gasteiger partial charge >= 0.3 is 0 Å². The van der Waals surface area contributed by atoms with E-state index in [4.69, 9.17) is 0 Å². The van der Waals surface area contributed by atoms with Gasteiger partial charge < -0.3 is 9.84 Å². The molecule has 0 saturated carbocycles. The first-order chi connectivity index (χ1) is 8.49. The molecule has 0 unspecified atom stereocenters. The Kier molecular flexibility index (Phi) is 3.42. The second-order valence-corrected chi connectivity index (χ2v) is 4.45. The van der Waals surface area contributed by atoms with Crippen molar-refractivity contribution in [1.82, 2.24) is 5.16 Å². The van der Waals surface area contributed by atoms with Crippen LogP contribution in [0.1, 0.15) is 16.1 Å². The number of nitrogens with one attached hydrogen (secondary N) is 1. The maximum Gasteiger partial charge on any atom is 0.294 e. The average molecular weight is 317 g/mol. The van der Waals surface area contributed by atoms with Crippen molar-refractivity contribution in [3.63, 3.8) is 0 Å². The minimum absolute atomic E-state index is 0.0864. The van der Waals surface area contributed by atoms with E-state index in [2.05, 4.69) is 30.9 Å². The van der Waals surface area contributed by atoms with Gasteiger partial charge in [0.05, 0.1) is 6.20 Å². The molecule has 0 aliphatic rings. The molecule has 2 aromatic rings. The smallest absolute Gasteiger partial charge is 0.294 e. The highest BCUT2D eigenvalue weighted by Gasteiger charge is 2.18. The molecule has 1 N–H and O–H groups in total. The summed E-state index contributed by atoms with van der Waals surface area (Å²) in [5.41, 5.74) is -0.0515. The third-order valence-corrected chi connectivity index (χ3v) is 2.66. The summed E-state index contributed by atoms with van der Waals surface area (Å²) in [6.07, 6.45) is 1.34. The van der Waals surface area contributed by atoms with Gasteiger partial charge in [0.1, 0.15) is 5.69 Å². The normalized spacial score (nSPS) is 10.4. The van der Waals surface area contributed by atoms with Crippen molar-refractivity contribution >= 4 is 27.5 Å². The van der Waals surface area contributed by atoms with Gasteiger partial charge in [-0.05, 0) is 19.1 Å². The first kappa shape index (κ1) is 12.7. The number of amides is 1. The number of hydrogen-bond donors (Lipinski definition) is 1. The molecule has 0 atom stereocenters. The minimum atomic E-state index is -0.882. The molecule has 0 spiro atoms. The third-order valence-electron chi connectivity index (χ3n) is 2.20. The predicted octanol–water partition coefficient (Wildman–Crippen LogP) is 3.28. The summed E-state index contributed by atoms with van der Waals surface area (Å²) in [4.78, 5) is 11.7. The molecule has 0 saturated heterocycles. The lowest BCUT2D eigenvalue weighted by Crippen LogP contribution is -2.14. The number of carbonyl (C=O) groups excluding carboxylic acids is 1. The lowest BCUT2D eigenvalue weighted by molar-refractivity contribution is 0.0986. The molecule has 0 radical (unpaired) electrons. The van der Waals surface area contributed by atoms with Crippen LogP contribution in [0.15, 0.2) is 27.3 Å². The monoisotopic (exact) mass is 316 g/mol. The summed E-state index contributed by atoms with van der Waals surface area (Å²) in [7, 11) is 0. The maximum absolute atomic E-state index is 13.5. The van der Waals surface area contributed by atoms with E-state index in [1.165, 1.54) is 6.20 Å². The van der Waals surface area contributed by atoms with Crippen LogP contribution in [0, 0.1) is 18.6 Å². The molecule has 0 aliphatic carbocycles. The van der Waals surface area contributed by atoms with E-state index < -0.39 is 23.2 Å². The van der Waals surface area contributed by atoms with Gasteiger partial charge in [-0.2, -0.15) is 0 Å². The Bertz CT molecular complexity index is 590. The van der Waals surface area contributed by atoms with Crippen LogP contribution in [0.4, 0.5) is 14.5 Å². The zero-order valence-electron chi connectivity index (χ0n) is 9.13. The van der Waals surface area contributed by atoms with Crippen molar-refractivity contribution in [3.05, 3.63) is 45.8 Å². The van der Waals surface area contributed by atoms with Gasteiger partial charge in [0.25, 0.3) is 5.91 Å². The standard InChI is InChI=1S/C11H7BrF2N2O2/c1-5-4-15-18-10(5)11(17)16-9-7(13)2-6(12)3-8(9)14/h2-4H,1H3,(H,16,17). The molecule has 94 valence electrons. The van der Waals surface area contributed by atoms with Gasteiger partial charge in [0, 0.05) is 10.0 Å². The highest BCUT2D eigenvalue weighted by molar-refractivity contribution is 9.10. The van der Waals surface area contributed by atoms with Gasteiger partial charge in [0.2, 0.25) is 5.76 Å². The number of halogens is 3. The largest absolute Gasteiger partial charge is 0.351 e. The number of nitrogens with zero attached hydrogens (tertiary/aromatic N) is 1. The van der Waals surface area contributed by atoms with E-state index >= 15 is 0 Å². The van der Waals surface area contributed by atoms with E-state index in [1.54, 1.807) is 6.92 Å². The first-order valence-electron chi connectivity index (χ1n) is 4.86. The maximum atomic E-state index is 13.5. The molecule has 0 fully saturated rings. The molecule has 1 heterocycles. The number of benzene rings is 1. The second kappa shape index (κ2) is 4.85. The van der Waals surface area contributed by atoms with Crippen molar-refractivity contribution in [2.24, 2.45) is 0 Å². The number of aromatic nitrogens is 1. The van der Waals surface area contributed by atoms with Crippen LogP contribution in [0.3, 0.4) is 0 Å². The van der Waals surface area contributed by atoms with E-state index in [1.807, 2.05) is 0 Å². The molecule has 1 amide bonds. The molecule has 1 aromatic heterocycles. The van der Waals surface area contributed by atoms with Gasteiger partial charge in [0.15, 0.2) is 11.6 Å². The summed E-state index contributed by atoms with van der Waals surface area (Å²) in [6, 6.07) is 2.10. The van der Waals surface area contributed by atoms with Crippen molar-refractivity contribution in [3.8, 4) is 0 Å². The highest BCUT2D eigenvalue weighted by atomic mass is 79.9. The zero-order valence-corrected chi connectivity index (χ0v) is 10.7. The predicted molar refractivity (Wildman–Crippen MR) is 63.3 cm³/mol. The molecule has 1 aromatic carbocycles. The topological polar surface area (TPSA) is 55.1 Å². The third kappa shape index (κ3) is 2.40. The van der Waals surface area contributed by atoms with E-state index in [0.29, 0.717) is 5.56 Å².